The van der Waals surface area contributed by atoms with Gasteiger partial charge < -0.3 is 0 Å². The first-order chi connectivity index (χ1) is 11.8. The van der Waals surface area contributed by atoms with Gasteiger partial charge in [-0.05, 0) is 23.4 Å². The van der Waals surface area contributed by atoms with Crippen LogP contribution in [0.1, 0.15) is 30.2 Å². The highest BCUT2D eigenvalue weighted by molar-refractivity contribution is 8.15. The molecular formula is C18H19N3OS2. The Labute approximate surface area is 150 Å². The number of rotatable bonds is 6. The maximum absolute atomic E-state index is 12.7. The quantitative estimate of drug-likeness (QED) is 0.569. The second kappa shape index (κ2) is 8.26. The number of carbonyl (C=O) groups excluding carboxylic acids is 1. The molecule has 3 rings (SSSR count). The zero-order chi connectivity index (χ0) is 16.8. The molecule has 0 spiro atoms. The highest BCUT2D eigenvalue weighted by Gasteiger charge is 2.37. The first-order valence-corrected chi connectivity index (χ1v) is 9.70. The van der Waals surface area contributed by atoms with E-state index in [1.807, 2.05) is 47.8 Å². The van der Waals surface area contributed by atoms with Gasteiger partial charge in [-0.3, -0.25) is 9.69 Å². The van der Waals surface area contributed by atoms with Crippen LogP contribution in [0.15, 0.2) is 58.0 Å². The van der Waals surface area contributed by atoms with Crippen LogP contribution in [0.5, 0.6) is 0 Å². The summed E-state index contributed by atoms with van der Waals surface area (Å²) in [6.45, 7) is 2.64. The van der Waals surface area contributed by atoms with Gasteiger partial charge in [-0.2, -0.15) is 5.10 Å². The molecule has 1 aromatic carbocycles. The van der Waals surface area contributed by atoms with Crippen LogP contribution in [0.4, 0.5) is 0 Å². The van der Waals surface area contributed by atoms with Crippen molar-refractivity contribution in [2.24, 2.45) is 10.2 Å². The summed E-state index contributed by atoms with van der Waals surface area (Å²) in [5, 5.41) is 11.1. The van der Waals surface area contributed by atoms with E-state index in [2.05, 4.69) is 17.1 Å². The fraction of sp³-hybridized carbons (Fsp3) is 0.278. The predicted molar refractivity (Wildman–Crippen MR) is 103 cm³/mol. The van der Waals surface area contributed by atoms with Gasteiger partial charge in [0.15, 0.2) is 5.17 Å². The average molecular weight is 358 g/mol. The smallest absolute Gasteiger partial charge is 0.242 e. The van der Waals surface area contributed by atoms with Crippen LogP contribution in [-0.2, 0) is 11.3 Å². The number of amidine groups is 1. The third kappa shape index (κ3) is 4.13. The van der Waals surface area contributed by atoms with E-state index in [0.717, 1.165) is 23.3 Å². The Hall–Kier alpha value is -1.92. The molecule has 1 amide bonds. The fourth-order valence-corrected chi connectivity index (χ4v) is 4.23. The summed E-state index contributed by atoms with van der Waals surface area (Å²) in [5.74, 6) is 0.135. The zero-order valence-corrected chi connectivity index (χ0v) is 15.1. The van der Waals surface area contributed by atoms with Gasteiger partial charge in [0.2, 0.25) is 5.91 Å². The SMILES string of the molecule is CCC[C@H]1S/C(=N/N=C\c2cccs2)N(Cc2ccccc2)C1=O. The number of thiophene rings is 1. The molecular weight excluding hydrogens is 338 g/mol. The van der Waals surface area contributed by atoms with E-state index in [-0.39, 0.29) is 11.2 Å². The Morgan fingerprint density at radius 3 is 2.75 bits per heavy atom. The van der Waals surface area contributed by atoms with Crippen molar-refractivity contribution in [3.63, 3.8) is 0 Å². The number of benzene rings is 1. The van der Waals surface area contributed by atoms with Crippen molar-refractivity contribution in [3.05, 3.63) is 58.3 Å². The lowest BCUT2D eigenvalue weighted by molar-refractivity contribution is -0.126. The summed E-state index contributed by atoms with van der Waals surface area (Å²) in [6.07, 6.45) is 3.58. The average Bonchev–Trinajstić information content (AvgIpc) is 3.21. The largest absolute Gasteiger partial charge is 0.284 e. The van der Waals surface area contributed by atoms with Gasteiger partial charge >= 0.3 is 0 Å². The van der Waals surface area contributed by atoms with Crippen LogP contribution in [0, 0.1) is 0 Å². The number of hydrogen-bond acceptors (Lipinski definition) is 5. The van der Waals surface area contributed by atoms with Crippen LogP contribution in [0.3, 0.4) is 0 Å². The number of nitrogens with zero attached hydrogens (tertiary/aromatic N) is 3. The Morgan fingerprint density at radius 2 is 2.04 bits per heavy atom. The molecule has 0 bridgehead atoms. The van der Waals surface area contributed by atoms with E-state index >= 15 is 0 Å². The molecule has 1 atom stereocenters. The first kappa shape index (κ1) is 16.9. The van der Waals surface area contributed by atoms with E-state index in [4.69, 9.17) is 0 Å². The second-order valence-corrected chi connectivity index (χ2v) is 7.60. The highest BCUT2D eigenvalue weighted by Crippen LogP contribution is 2.31. The minimum absolute atomic E-state index is 0.0469. The zero-order valence-electron chi connectivity index (χ0n) is 13.5. The van der Waals surface area contributed by atoms with Crippen LogP contribution in [0.25, 0.3) is 0 Å². The monoisotopic (exact) mass is 357 g/mol. The lowest BCUT2D eigenvalue weighted by atomic mass is 10.2. The van der Waals surface area contributed by atoms with Crippen molar-refractivity contribution >= 4 is 40.4 Å². The predicted octanol–water partition coefficient (Wildman–Crippen LogP) is 4.38. The third-order valence-corrected chi connectivity index (χ3v) is 5.67. The number of thioether (sulfide) groups is 1. The highest BCUT2D eigenvalue weighted by atomic mass is 32.2. The topological polar surface area (TPSA) is 45.0 Å². The van der Waals surface area contributed by atoms with E-state index in [0.29, 0.717) is 11.7 Å². The molecule has 24 heavy (non-hydrogen) atoms. The molecule has 1 aromatic heterocycles. The molecule has 1 saturated heterocycles. The normalized spacial score (nSPS) is 19.7. The van der Waals surface area contributed by atoms with Gasteiger partial charge in [0, 0.05) is 4.88 Å². The molecule has 124 valence electrons. The second-order valence-electron chi connectivity index (χ2n) is 5.45. The minimum atomic E-state index is -0.0469. The minimum Gasteiger partial charge on any atom is -0.284 e. The van der Waals surface area contributed by atoms with E-state index < -0.39 is 0 Å². The summed E-state index contributed by atoms with van der Waals surface area (Å²) < 4.78 is 0. The third-order valence-electron chi connectivity index (χ3n) is 3.63. The molecule has 2 aromatic rings. The maximum atomic E-state index is 12.7. The van der Waals surface area contributed by atoms with Crippen molar-refractivity contribution in [2.45, 2.75) is 31.6 Å². The molecule has 0 unspecified atom stereocenters. The molecule has 2 heterocycles. The van der Waals surface area contributed by atoms with Gasteiger partial charge in [-0.25, -0.2) is 0 Å². The van der Waals surface area contributed by atoms with E-state index in [9.17, 15) is 4.79 Å². The Kier molecular flexibility index (Phi) is 5.82. The summed E-state index contributed by atoms with van der Waals surface area (Å²) in [7, 11) is 0. The van der Waals surface area contributed by atoms with Crippen molar-refractivity contribution < 1.29 is 4.79 Å². The summed E-state index contributed by atoms with van der Waals surface area (Å²) >= 11 is 3.14. The van der Waals surface area contributed by atoms with Gasteiger partial charge in [0.25, 0.3) is 0 Å². The van der Waals surface area contributed by atoms with Crippen molar-refractivity contribution in [1.29, 1.82) is 0 Å². The Balaban J connectivity index is 1.79. The van der Waals surface area contributed by atoms with Gasteiger partial charge in [0.1, 0.15) is 0 Å². The van der Waals surface area contributed by atoms with Crippen LogP contribution in [0.2, 0.25) is 0 Å². The summed E-state index contributed by atoms with van der Waals surface area (Å²) in [4.78, 5) is 15.5. The Morgan fingerprint density at radius 1 is 1.21 bits per heavy atom. The van der Waals surface area contributed by atoms with Crippen molar-refractivity contribution in [3.8, 4) is 0 Å². The van der Waals surface area contributed by atoms with Crippen LogP contribution < -0.4 is 0 Å². The molecule has 6 heteroatoms. The van der Waals surface area contributed by atoms with Crippen molar-refractivity contribution in [2.75, 3.05) is 0 Å². The molecule has 1 aliphatic heterocycles. The molecule has 0 aliphatic carbocycles. The van der Waals surface area contributed by atoms with Gasteiger partial charge in [-0.15, -0.1) is 16.4 Å². The summed E-state index contributed by atoms with van der Waals surface area (Å²) in [5.41, 5.74) is 1.10. The molecule has 1 fully saturated rings. The number of amides is 1. The molecule has 0 radical (unpaired) electrons. The fourth-order valence-electron chi connectivity index (χ4n) is 2.44. The first-order valence-electron chi connectivity index (χ1n) is 7.94. The number of hydrogen-bond donors (Lipinski definition) is 0. The lowest BCUT2D eigenvalue weighted by Gasteiger charge is -2.15. The Bertz CT molecular complexity index is 726. The van der Waals surface area contributed by atoms with Gasteiger partial charge in [-0.1, -0.05) is 61.5 Å². The lowest BCUT2D eigenvalue weighted by Crippen LogP contribution is -2.31. The maximum Gasteiger partial charge on any atom is 0.242 e. The molecule has 4 nitrogen and oxygen atoms in total. The number of carbonyl (C=O) groups is 1. The standard InChI is InChI=1S/C18H19N3OS2/c1-2-7-16-17(22)21(13-14-8-4-3-5-9-14)18(24-16)20-19-12-15-10-6-11-23-15/h3-6,8-12,16H,2,7,13H2,1H3/b19-12-,20-18+/t16-/m1/s1. The summed E-state index contributed by atoms with van der Waals surface area (Å²) in [6, 6.07) is 14.0. The van der Waals surface area contributed by atoms with Crippen LogP contribution in [-0.4, -0.2) is 27.4 Å². The molecule has 1 aliphatic rings. The molecule has 0 N–H and O–H groups in total. The molecule has 0 saturated carbocycles. The van der Waals surface area contributed by atoms with E-state index in [1.54, 1.807) is 22.5 Å². The van der Waals surface area contributed by atoms with Crippen molar-refractivity contribution in [1.82, 2.24) is 4.90 Å². The van der Waals surface area contributed by atoms with Crippen LogP contribution >= 0.6 is 23.1 Å². The van der Waals surface area contributed by atoms with E-state index in [1.165, 1.54) is 11.8 Å². The van der Waals surface area contributed by atoms with Gasteiger partial charge in [0.05, 0.1) is 18.0 Å².